The Bertz CT molecular complexity index is 773. The molecule has 2 fully saturated rings. The molecule has 2 aliphatic rings. The first-order valence-electron chi connectivity index (χ1n) is 8.73. The molecule has 1 aliphatic carbocycles. The molecule has 1 saturated heterocycles. The number of sulfonamides is 1. The molecule has 1 aliphatic heterocycles. The van der Waals surface area contributed by atoms with Crippen molar-refractivity contribution < 1.29 is 17.6 Å². The van der Waals surface area contributed by atoms with Crippen molar-refractivity contribution in [1.82, 2.24) is 4.31 Å². The van der Waals surface area contributed by atoms with Crippen molar-refractivity contribution in [3.8, 4) is 0 Å². The van der Waals surface area contributed by atoms with Gasteiger partial charge in [-0.25, -0.2) is 17.1 Å². The Morgan fingerprint density at radius 2 is 1.96 bits per heavy atom. The zero-order valence-corrected chi connectivity index (χ0v) is 15.5. The van der Waals surface area contributed by atoms with E-state index in [0.29, 0.717) is 12.2 Å². The monoisotopic (exact) mass is 368 g/mol. The van der Waals surface area contributed by atoms with Gasteiger partial charge in [-0.1, -0.05) is 25.3 Å². The third-order valence-electron chi connectivity index (χ3n) is 5.71. The molecule has 1 spiro atoms. The van der Waals surface area contributed by atoms with Gasteiger partial charge in [-0.05, 0) is 42.9 Å². The predicted molar refractivity (Wildman–Crippen MR) is 95.2 cm³/mol. The predicted octanol–water partition coefficient (Wildman–Crippen LogP) is 2.91. The summed E-state index contributed by atoms with van der Waals surface area (Å²) < 4.78 is 39.0. The zero-order valence-electron chi connectivity index (χ0n) is 14.7. The first-order chi connectivity index (χ1) is 11.7. The molecule has 0 aromatic heterocycles. The normalized spacial score (nSPS) is 23.7. The van der Waals surface area contributed by atoms with Crippen LogP contribution in [-0.2, 0) is 14.8 Å². The summed E-state index contributed by atoms with van der Waals surface area (Å²) in [6.45, 7) is 2.42. The zero-order chi connectivity index (χ0) is 18.2. The molecule has 1 aromatic rings. The van der Waals surface area contributed by atoms with E-state index in [1.54, 1.807) is 6.07 Å². The lowest BCUT2D eigenvalue weighted by Crippen LogP contribution is -2.39. The maximum Gasteiger partial charge on any atom is 0.229 e. The molecule has 1 atom stereocenters. The van der Waals surface area contributed by atoms with Gasteiger partial charge in [-0.2, -0.15) is 0 Å². The number of aryl methyl sites for hydroxylation is 1. The molecular weight excluding hydrogens is 343 g/mol. The summed E-state index contributed by atoms with van der Waals surface area (Å²) in [6, 6.07) is 4.29. The lowest BCUT2D eigenvalue weighted by molar-refractivity contribution is -0.123. The molecule has 0 radical (unpaired) electrons. The van der Waals surface area contributed by atoms with E-state index in [9.17, 15) is 17.6 Å². The SMILES string of the molecule is Cc1ccc(F)cc1NC(=O)C1CN(S(C)(=O)=O)CC12CCCCC2. The molecule has 25 heavy (non-hydrogen) atoms. The standard InChI is InChI=1S/C18H25FN2O3S/c1-13-6-7-14(19)10-16(13)20-17(22)15-11-21(25(2,23)24)12-18(15)8-4-3-5-9-18/h6-7,10,15H,3-5,8-9,11-12H2,1-2H3,(H,20,22). The van der Waals surface area contributed by atoms with Gasteiger partial charge >= 0.3 is 0 Å². The average molecular weight is 368 g/mol. The molecule has 7 heteroatoms. The van der Waals surface area contributed by atoms with Gasteiger partial charge in [-0.15, -0.1) is 0 Å². The van der Waals surface area contributed by atoms with Crippen LogP contribution in [0.15, 0.2) is 18.2 Å². The maximum atomic E-state index is 13.5. The van der Waals surface area contributed by atoms with Crippen LogP contribution in [0.4, 0.5) is 10.1 Å². The second-order valence-corrected chi connectivity index (χ2v) is 9.46. The molecule has 0 bridgehead atoms. The molecule has 138 valence electrons. The van der Waals surface area contributed by atoms with Crippen molar-refractivity contribution in [1.29, 1.82) is 0 Å². The molecule has 5 nitrogen and oxygen atoms in total. The van der Waals surface area contributed by atoms with Crippen molar-refractivity contribution >= 4 is 21.6 Å². The highest BCUT2D eigenvalue weighted by Crippen LogP contribution is 2.48. The minimum atomic E-state index is -3.34. The first kappa shape index (κ1) is 18.3. The van der Waals surface area contributed by atoms with Gasteiger partial charge in [0, 0.05) is 18.8 Å². The van der Waals surface area contributed by atoms with Crippen LogP contribution in [0.5, 0.6) is 0 Å². The Kier molecular flexibility index (Phi) is 4.90. The number of halogens is 1. The summed E-state index contributed by atoms with van der Waals surface area (Å²) in [5.41, 5.74) is 0.936. The fourth-order valence-corrected chi connectivity index (χ4v) is 5.16. The second-order valence-electron chi connectivity index (χ2n) is 7.48. The Labute approximate surface area is 148 Å². The van der Waals surface area contributed by atoms with Crippen LogP contribution in [0, 0.1) is 24.1 Å². The van der Waals surface area contributed by atoms with Crippen LogP contribution >= 0.6 is 0 Å². The Balaban J connectivity index is 1.87. The quantitative estimate of drug-likeness (QED) is 0.892. The van der Waals surface area contributed by atoms with Gasteiger partial charge in [-0.3, -0.25) is 4.79 Å². The van der Waals surface area contributed by atoms with Crippen molar-refractivity contribution in [3.05, 3.63) is 29.6 Å². The smallest absolute Gasteiger partial charge is 0.229 e. The molecule has 1 saturated carbocycles. The van der Waals surface area contributed by atoms with Crippen LogP contribution in [0.25, 0.3) is 0 Å². The number of nitrogens with one attached hydrogen (secondary N) is 1. The highest BCUT2D eigenvalue weighted by atomic mass is 32.2. The van der Waals surface area contributed by atoms with Gasteiger partial charge in [0.15, 0.2) is 0 Å². The summed E-state index contributed by atoms with van der Waals surface area (Å²) in [5.74, 6) is -1.01. The van der Waals surface area contributed by atoms with E-state index in [2.05, 4.69) is 5.32 Å². The van der Waals surface area contributed by atoms with E-state index in [4.69, 9.17) is 0 Å². The first-order valence-corrected chi connectivity index (χ1v) is 10.6. The number of hydrogen-bond acceptors (Lipinski definition) is 3. The second kappa shape index (κ2) is 6.68. The summed E-state index contributed by atoms with van der Waals surface area (Å²) in [6.07, 6.45) is 6.07. The number of nitrogens with zero attached hydrogens (tertiary/aromatic N) is 1. The molecule has 1 amide bonds. The number of amides is 1. The fraction of sp³-hybridized carbons (Fsp3) is 0.611. The van der Waals surface area contributed by atoms with Crippen LogP contribution in [-0.4, -0.2) is 38.0 Å². The van der Waals surface area contributed by atoms with Gasteiger partial charge in [0.2, 0.25) is 15.9 Å². The van der Waals surface area contributed by atoms with E-state index >= 15 is 0 Å². The number of carbonyl (C=O) groups excluding carboxylic acids is 1. The third kappa shape index (κ3) is 3.72. The highest BCUT2D eigenvalue weighted by molar-refractivity contribution is 7.88. The fourth-order valence-electron chi connectivity index (χ4n) is 4.25. The van der Waals surface area contributed by atoms with Crippen LogP contribution in [0.3, 0.4) is 0 Å². The van der Waals surface area contributed by atoms with Crippen LogP contribution in [0.2, 0.25) is 0 Å². The lowest BCUT2D eigenvalue weighted by Gasteiger charge is -2.37. The van der Waals surface area contributed by atoms with Gasteiger partial charge in [0.05, 0.1) is 12.2 Å². The van der Waals surface area contributed by atoms with Gasteiger partial charge < -0.3 is 5.32 Å². The van der Waals surface area contributed by atoms with E-state index in [1.807, 2.05) is 6.92 Å². The molecular formula is C18H25FN2O3S. The van der Waals surface area contributed by atoms with Crippen LogP contribution < -0.4 is 5.32 Å². The van der Waals surface area contributed by atoms with Crippen molar-refractivity contribution in [2.75, 3.05) is 24.7 Å². The highest BCUT2D eigenvalue weighted by Gasteiger charge is 2.52. The van der Waals surface area contributed by atoms with Gasteiger partial charge in [0.1, 0.15) is 5.82 Å². The number of carbonyl (C=O) groups is 1. The number of hydrogen-bond donors (Lipinski definition) is 1. The summed E-state index contributed by atoms with van der Waals surface area (Å²) in [4.78, 5) is 13.0. The number of rotatable bonds is 3. The summed E-state index contributed by atoms with van der Waals surface area (Å²) in [5, 5.41) is 2.84. The third-order valence-corrected chi connectivity index (χ3v) is 6.93. The summed E-state index contributed by atoms with van der Waals surface area (Å²) in [7, 11) is -3.34. The number of benzene rings is 1. The van der Waals surface area contributed by atoms with E-state index in [1.165, 1.54) is 22.7 Å². The van der Waals surface area contributed by atoms with Crippen LogP contribution in [0.1, 0.15) is 37.7 Å². The largest absolute Gasteiger partial charge is 0.325 e. The topological polar surface area (TPSA) is 66.5 Å². The van der Waals surface area contributed by atoms with Crippen molar-refractivity contribution in [2.45, 2.75) is 39.0 Å². The van der Waals surface area contributed by atoms with E-state index in [0.717, 1.165) is 37.7 Å². The molecule has 1 aromatic carbocycles. The number of anilines is 1. The summed E-state index contributed by atoms with van der Waals surface area (Å²) >= 11 is 0. The molecule has 1 N–H and O–H groups in total. The van der Waals surface area contributed by atoms with Crippen molar-refractivity contribution in [2.24, 2.45) is 11.3 Å². The maximum absolute atomic E-state index is 13.5. The molecule has 1 unspecified atom stereocenters. The minimum Gasteiger partial charge on any atom is -0.325 e. The van der Waals surface area contributed by atoms with Gasteiger partial charge in [0.25, 0.3) is 0 Å². The average Bonchev–Trinajstić information content (AvgIpc) is 2.91. The molecule has 3 rings (SSSR count). The lowest BCUT2D eigenvalue weighted by atomic mass is 9.67. The molecule has 1 heterocycles. The van der Waals surface area contributed by atoms with E-state index < -0.39 is 21.8 Å². The Morgan fingerprint density at radius 1 is 1.28 bits per heavy atom. The minimum absolute atomic E-state index is 0.207. The Morgan fingerprint density at radius 3 is 2.60 bits per heavy atom. The Hall–Kier alpha value is -1.47. The van der Waals surface area contributed by atoms with E-state index in [-0.39, 0.29) is 17.9 Å². The van der Waals surface area contributed by atoms with Crippen molar-refractivity contribution in [3.63, 3.8) is 0 Å².